The third-order valence-corrected chi connectivity index (χ3v) is 8.18. The Labute approximate surface area is 233 Å². The fourth-order valence-electron chi connectivity index (χ4n) is 5.74. The van der Waals surface area contributed by atoms with Gasteiger partial charge < -0.3 is 9.80 Å². The van der Waals surface area contributed by atoms with E-state index in [1.54, 1.807) is 0 Å². The van der Waals surface area contributed by atoms with Crippen LogP contribution in [0.15, 0.2) is 24.3 Å². The second-order valence-corrected chi connectivity index (χ2v) is 11.7. The van der Waals surface area contributed by atoms with Crippen molar-refractivity contribution in [3.63, 3.8) is 0 Å². The third-order valence-electron chi connectivity index (χ3n) is 8.18. The van der Waals surface area contributed by atoms with Crippen molar-refractivity contribution in [1.82, 2.24) is 0 Å². The number of hydrogen-bond acceptors (Lipinski definition) is 2. The molecule has 0 saturated heterocycles. The van der Waals surface area contributed by atoms with Crippen molar-refractivity contribution in [1.29, 1.82) is 0 Å². The summed E-state index contributed by atoms with van der Waals surface area (Å²) in [6.07, 6.45) is 33.8. The predicted octanol–water partition coefficient (Wildman–Crippen LogP) is 11.7. The standard InChI is InChI=1S/C35H62N2/c1-3-5-7-9-11-13-15-17-19-21-23-27-31-36-33-37(35-30-26-25-29-34(35)36)32-28-24-22-20-18-16-14-12-10-8-6-4-2/h25-26,29-30H,3-24,27-28,31-32H2,1-2H3. The summed E-state index contributed by atoms with van der Waals surface area (Å²) in [5.41, 5.74) is 2.73. The van der Waals surface area contributed by atoms with Crippen molar-refractivity contribution in [2.45, 2.75) is 168 Å². The Hall–Kier alpha value is -1.18. The Morgan fingerprint density at radius 1 is 0.405 bits per heavy atom. The van der Waals surface area contributed by atoms with Gasteiger partial charge in [0.1, 0.15) is 0 Å². The van der Waals surface area contributed by atoms with E-state index in [4.69, 9.17) is 0 Å². The normalized spacial score (nSPS) is 13.0. The van der Waals surface area contributed by atoms with E-state index >= 15 is 0 Å². The van der Waals surface area contributed by atoms with Crippen molar-refractivity contribution in [3.05, 3.63) is 30.9 Å². The summed E-state index contributed by atoms with van der Waals surface area (Å²) >= 11 is 0. The van der Waals surface area contributed by atoms with Crippen LogP contribution in [0.25, 0.3) is 0 Å². The van der Waals surface area contributed by atoms with Gasteiger partial charge in [0.25, 0.3) is 0 Å². The minimum absolute atomic E-state index is 1.11. The molecule has 1 aliphatic heterocycles. The highest BCUT2D eigenvalue weighted by Gasteiger charge is 2.26. The molecule has 0 amide bonds. The van der Waals surface area contributed by atoms with Gasteiger partial charge in [-0.15, -0.1) is 0 Å². The predicted molar refractivity (Wildman–Crippen MR) is 167 cm³/mol. The molecular formula is C35H62N2. The number of unbranched alkanes of at least 4 members (excludes halogenated alkanes) is 22. The van der Waals surface area contributed by atoms with E-state index in [-0.39, 0.29) is 0 Å². The third kappa shape index (κ3) is 15.1. The molecule has 2 nitrogen and oxygen atoms in total. The zero-order valence-corrected chi connectivity index (χ0v) is 25.1. The zero-order chi connectivity index (χ0) is 26.2. The molecule has 1 aromatic carbocycles. The quantitative estimate of drug-likeness (QED) is 0.114. The molecule has 1 heterocycles. The maximum Gasteiger partial charge on any atom is 0.208 e. The fourth-order valence-corrected chi connectivity index (χ4v) is 5.74. The molecular weight excluding hydrogens is 448 g/mol. The van der Waals surface area contributed by atoms with Gasteiger partial charge in [0.2, 0.25) is 6.67 Å². The Morgan fingerprint density at radius 2 is 0.676 bits per heavy atom. The van der Waals surface area contributed by atoms with Crippen LogP contribution in [0.5, 0.6) is 0 Å². The van der Waals surface area contributed by atoms with Crippen LogP contribution in [0.4, 0.5) is 11.4 Å². The first kappa shape index (κ1) is 32.0. The van der Waals surface area contributed by atoms with Crippen LogP contribution in [-0.4, -0.2) is 13.1 Å². The number of para-hydroxylation sites is 2. The summed E-state index contributed by atoms with van der Waals surface area (Å²) in [6.45, 7) is 10.5. The minimum Gasteiger partial charge on any atom is -0.340 e. The van der Waals surface area contributed by atoms with Crippen LogP contribution in [-0.2, 0) is 0 Å². The van der Waals surface area contributed by atoms with Crippen LogP contribution in [0, 0.1) is 6.67 Å². The summed E-state index contributed by atoms with van der Waals surface area (Å²) in [7, 11) is 0. The summed E-state index contributed by atoms with van der Waals surface area (Å²) < 4.78 is 0. The van der Waals surface area contributed by atoms with Crippen LogP contribution >= 0.6 is 0 Å². The Bertz CT molecular complexity index is 574. The van der Waals surface area contributed by atoms with Gasteiger partial charge in [-0.25, -0.2) is 0 Å². The van der Waals surface area contributed by atoms with Gasteiger partial charge in [0, 0.05) is 13.1 Å². The fraction of sp³-hybridized carbons (Fsp3) is 0.800. The molecule has 0 bridgehead atoms. The molecule has 0 N–H and O–H groups in total. The second kappa shape index (κ2) is 22.8. The van der Waals surface area contributed by atoms with Gasteiger partial charge in [-0.1, -0.05) is 167 Å². The summed E-state index contributed by atoms with van der Waals surface area (Å²) in [6, 6.07) is 8.93. The Kier molecular flexibility index (Phi) is 19.7. The average Bonchev–Trinajstić information content (AvgIpc) is 3.27. The Morgan fingerprint density at radius 3 is 0.973 bits per heavy atom. The molecule has 0 atom stereocenters. The lowest BCUT2D eigenvalue weighted by Crippen LogP contribution is -2.26. The molecule has 0 spiro atoms. The van der Waals surface area contributed by atoms with Crippen LogP contribution in [0.2, 0.25) is 0 Å². The lowest BCUT2D eigenvalue weighted by Gasteiger charge is -2.19. The maximum absolute atomic E-state index is 3.70. The smallest absolute Gasteiger partial charge is 0.208 e. The molecule has 2 rings (SSSR count). The molecule has 2 heteroatoms. The molecule has 0 aliphatic carbocycles. The number of hydrogen-bond donors (Lipinski definition) is 0. The summed E-state index contributed by atoms with van der Waals surface area (Å²) in [5, 5.41) is 0. The number of rotatable bonds is 26. The van der Waals surface area contributed by atoms with E-state index in [2.05, 4.69) is 54.6 Å². The van der Waals surface area contributed by atoms with Crippen molar-refractivity contribution in [3.8, 4) is 0 Å². The SMILES string of the molecule is CCCCCCCCCCCCCCN1[C]N(CCCCCCCCCCCCCC)c2ccccc21. The topological polar surface area (TPSA) is 6.48 Å². The van der Waals surface area contributed by atoms with Gasteiger partial charge in [-0.3, -0.25) is 0 Å². The van der Waals surface area contributed by atoms with Crippen molar-refractivity contribution < 1.29 is 0 Å². The molecule has 0 fully saturated rings. The number of nitrogens with zero attached hydrogens (tertiary/aromatic N) is 2. The first-order valence-electron chi connectivity index (χ1n) is 16.8. The largest absolute Gasteiger partial charge is 0.340 e. The minimum atomic E-state index is 1.11. The molecule has 0 saturated carbocycles. The second-order valence-electron chi connectivity index (χ2n) is 11.7. The lowest BCUT2D eigenvalue weighted by atomic mass is 10.1. The number of anilines is 2. The molecule has 37 heavy (non-hydrogen) atoms. The highest BCUT2D eigenvalue weighted by atomic mass is 15.4. The van der Waals surface area contributed by atoms with Gasteiger partial charge in [0.05, 0.1) is 11.4 Å². The highest BCUT2D eigenvalue weighted by Crippen LogP contribution is 2.38. The first-order valence-corrected chi connectivity index (χ1v) is 16.8. The van der Waals surface area contributed by atoms with Gasteiger partial charge in [0.15, 0.2) is 0 Å². The van der Waals surface area contributed by atoms with E-state index in [0.29, 0.717) is 0 Å². The van der Waals surface area contributed by atoms with Crippen LogP contribution in [0.1, 0.15) is 168 Å². The van der Waals surface area contributed by atoms with Crippen molar-refractivity contribution >= 4 is 11.4 Å². The summed E-state index contributed by atoms with van der Waals surface area (Å²) in [4.78, 5) is 4.79. The molecule has 2 radical (unpaired) electrons. The van der Waals surface area contributed by atoms with Crippen LogP contribution in [0.3, 0.4) is 0 Å². The summed E-state index contributed by atoms with van der Waals surface area (Å²) in [5.74, 6) is 0. The van der Waals surface area contributed by atoms with Crippen molar-refractivity contribution in [2.24, 2.45) is 0 Å². The first-order chi connectivity index (χ1) is 18.4. The molecule has 1 aliphatic rings. The Balaban J connectivity index is 1.47. The van der Waals surface area contributed by atoms with Crippen LogP contribution < -0.4 is 9.80 Å². The highest BCUT2D eigenvalue weighted by molar-refractivity contribution is 5.78. The van der Waals surface area contributed by atoms with E-state index < -0.39 is 0 Å². The lowest BCUT2D eigenvalue weighted by molar-refractivity contribution is 0.542. The van der Waals surface area contributed by atoms with E-state index in [1.165, 1.54) is 165 Å². The van der Waals surface area contributed by atoms with Gasteiger partial charge >= 0.3 is 0 Å². The maximum atomic E-state index is 3.70. The molecule has 0 aromatic heterocycles. The van der Waals surface area contributed by atoms with E-state index in [1.807, 2.05) is 0 Å². The van der Waals surface area contributed by atoms with Gasteiger partial charge in [-0.2, -0.15) is 0 Å². The zero-order valence-electron chi connectivity index (χ0n) is 25.1. The van der Waals surface area contributed by atoms with E-state index in [0.717, 1.165) is 13.1 Å². The average molecular weight is 511 g/mol. The van der Waals surface area contributed by atoms with Gasteiger partial charge in [-0.05, 0) is 25.0 Å². The molecule has 1 aromatic rings. The molecule has 0 unspecified atom stereocenters. The number of benzene rings is 1. The van der Waals surface area contributed by atoms with Crippen molar-refractivity contribution in [2.75, 3.05) is 22.9 Å². The monoisotopic (exact) mass is 510 g/mol. The number of fused-ring (bicyclic) bond motifs is 1. The van der Waals surface area contributed by atoms with E-state index in [9.17, 15) is 0 Å². The molecule has 212 valence electrons.